The molecule has 3 aromatic carbocycles. The molecule has 0 fully saturated rings. The molecule has 0 aromatic heterocycles. The highest BCUT2D eigenvalue weighted by Crippen LogP contribution is 2.33. The molecule has 3 rings (SSSR count). The fraction of sp³-hybridized carbons (Fsp3) is 0.167. The van der Waals surface area contributed by atoms with E-state index in [4.69, 9.17) is 8.92 Å². The highest BCUT2D eigenvalue weighted by atomic mass is 32.2. The summed E-state index contributed by atoms with van der Waals surface area (Å²) in [7, 11) is -2.37. The highest BCUT2D eigenvalue weighted by Gasteiger charge is 2.22. The van der Waals surface area contributed by atoms with Crippen LogP contribution in [0.4, 0.5) is 0 Å². The topological polar surface area (TPSA) is 52.6 Å². The average Bonchev–Trinajstić information content (AvgIpc) is 2.75. The molecule has 0 amide bonds. The Hall–Kier alpha value is -3.05. The van der Waals surface area contributed by atoms with E-state index in [1.165, 1.54) is 0 Å². The Balaban J connectivity index is 2.13. The van der Waals surface area contributed by atoms with Crippen molar-refractivity contribution in [3.8, 4) is 5.75 Å². The maximum absolute atomic E-state index is 13.0. The third-order valence-electron chi connectivity index (χ3n) is 4.60. The summed E-state index contributed by atoms with van der Waals surface area (Å²) in [6, 6.07) is 23.4. The third-order valence-corrected chi connectivity index (χ3v) is 5.84. The molecular weight excluding hydrogens is 384 g/mol. The van der Waals surface area contributed by atoms with E-state index in [1.54, 1.807) is 31.4 Å². The Bertz CT molecular complexity index is 1080. The lowest BCUT2D eigenvalue weighted by Crippen LogP contribution is -2.08. The lowest BCUT2D eigenvalue weighted by Gasteiger charge is -2.17. The molecule has 0 heterocycles. The zero-order chi connectivity index (χ0) is 20.9. The van der Waals surface area contributed by atoms with Crippen LogP contribution in [0, 0.1) is 6.92 Å². The number of rotatable bonds is 7. The van der Waals surface area contributed by atoms with E-state index in [2.05, 4.69) is 0 Å². The van der Waals surface area contributed by atoms with Gasteiger partial charge in [-0.2, -0.15) is 8.42 Å². The van der Waals surface area contributed by atoms with Crippen molar-refractivity contribution in [3.05, 3.63) is 95.6 Å². The molecule has 4 nitrogen and oxygen atoms in total. The number of hydrogen-bond acceptors (Lipinski definition) is 4. The molecule has 0 N–H and O–H groups in total. The van der Waals surface area contributed by atoms with Crippen molar-refractivity contribution in [2.45, 2.75) is 25.2 Å². The second-order valence-corrected chi connectivity index (χ2v) is 8.15. The van der Waals surface area contributed by atoms with Crippen LogP contribution in [-0.4, -0.2) is 15.5 Å². The summed E-state index contributed by atoms with van der Waals surface area (Å²) in [5.41, 5.74) is 3.37. The van der Waals surface area contributed by atoms with Gasteiger partial charge in [-0.1, -0.05) is 67.1 Å². The monoisotopic (exact) mass is 408 g/mol. The fourth-order valence-corrected chi connectivity index (χ4v) is 3.99. The van der Waals surface area contributed by atoms with Gasteiger partial charge in [0, 0.05) is 11.1 Å². The summed E-state index contributed by atoms with van der Waals surface area (Å²) in [5.74, 6) is 1.07. The smallest absolute Gasteiger partial charge is 0.339 e. The van der Waals surface area contributed by atoms with Crippen molar-refractivity contribution < 1.29 is 17.3 Å². The normalized spacial score (nSPS) is 12.2. The van der Waals surface area contributed by atoms with Crippen molar-refractivity contribution >= 4 is 21.5 Å². The van der Waals surface area contributed by atoms with Crippen LogP contribution in [0.25, 0.3) is 11.3 Å². The summed E-state index contributed by atoms with van der Waals surface area (Å²) in [5, 5.41) is 0. The summed E-state index contributed by atoms with van der Waals surface area (Å²) >= 11 is 0. The zero-order valence-corrected chi connectivity index (χ0v) is 17.6. The van der Waals surface area contributed by atoms with Gasteiger partial charge in [-0.15, -0.1) is 0 Å². The van der Waals surface area contributed by atoms with E-state index in [0.29, 0.717) is 17.7 Å². The number of benzene rings is 3. The first kappa shape index (κ1) is 20.7. The summed E-state index contributed by atoms with van der Waals surface area (Å²) < 4.78 is 37.0. The van der Waals surface area contributed by atoms with Gasteiger partial charge in [-0.25, -0.2) is 0 Å². The third kappa shape index (κ3) is 4.87. The Morgan fingerprint density at radius 2 is 1.45 bits per heavy atom. The minimum atomic E-state index is -3.98. The summed E-state index contributed by atoms with van der Waals surface area (Å²) in [6.45, 7) is 3.88. The molecule has 0 aliphatic rings. The molecule has 0 spiro atoms. The first-order valence-corrected chi connectivity index (χ1v) is 10.8. The number of allylic oxidation sites excluding steroid dienone is 1. The van der Waals surface area contributed by atoms with E-state index < -0.39 is 10.1 Å². The molecule has 0 aliphatic heterocycles. The molecular formula is C24H24O4S. The standard InChI is InChI=1S/C24H24O4S/c1-4-23(19-12-14-21(27-3)15-13-19)24(20-8-6-5-7-9-20)28-29(25,26)22-16-10-18(2)11-17-22/h5-17H,4H2,1-3H3/b24-23+. The maximum atomic E-state index is 13.0. The van der Waals surface area contributed by atoms with Crippen LogP contribution >= 0.6 is 0 Å². The summed E-state index contributed by atoms with van der Waals surface area (Å²) in [6.07, 6.45) is 0.597. The first-order valence-electron chi connectivity index (χ1n) is 9.38. The van der Waals surface area contributed by atoms with Gasteiger partial charge >= 0.3 is 10.1 Å². The molecule has 3 aromatic rings. The van der Waals surface area contributed by atoms with Crippen LogP contribution in [0.1, 0.15) is 30.0 Å². The van der Waals surface area contributed by atoms with E-state index >= 15 is 0 Å². The molecule has 5 heteroatoms. The van der Waals surface area contributed by atoms with Crippen molar-refractivity contribution in [2.75, 3.05) is 7.11 Å². The Morgan fingerprint density at radius 3 is 2.00 bits per heavy atom. The molecule has 0 atom stereocenters. The van der Waals surface area contributed by atoms with Crippen LogP contribution in [-0.2, 0) is 14.3 Å². The van der Waals surface area contributed by atoms with E-state index in [-0.39, 0.29) is 4.90 Å². The molecule has 0 saturated heterocycles. The minimum absolute atomic E-state index is 0.127. The lowest BCUT2D eigenvalue weighted by atomic mass is 9.99. The quantitative estimate of drug-likeness (QED) is 0.286. The van der Waals surface area contributed by atoms with Crippen LogP contribution in [0.15, 0.2) is 83.8 Å². The second-order valence-electron chi connectivity index (χ2n) is 6.61. The highest BCUT2D eigenvalue weighted by molar-refractivity contribution is 7.87. The number of methoxy groups -OCH3 is 1. The Labute approximate surface area is 172 Å². The molecule has 0 unspecified atom stereocenters. The van der Waals surface area contributed by atoms with Gasteiger partial charge in [0.1, 0.15) is 10.6 Å². The van der Waals surface area contributed by atoms with Gasteiger partial charge in [0.25, 0.3) is 0 Å². The number of ether oxygens (including phenoxy) is 1. The zero-order valence-electron chi connectivity index (χ0n) is 16.8. The second kappa shape index (κ2) is 8.97. The summed E-state index contributed by atoms with van der Waals surface area (Å²) in [4.78, 5) is 0.127. The molecule has 29 heavy (non-hydrogen) atoms. The molecule has 0 saturated carbocycles. The van der Waals surface area contributed by atoms with Crippen LogP contribution in [0.5, 0.6) is 5.75 Å². The van der Waals surface area contributed by atoms with Gasteiger partial charge < -0.3 is 8.92 Å². The van der Waals surface area contributed by atoms with Gasteiger partial charge in [0.15, 0.2) is 5.76 Å². The SMILES string of the molecule is CC/C(=C(\OS(=O)(=O)c1ccc(C)cc1)c1ccccc1)c1ccc(OC)cc1. The van der Waals surface area contributed by atoms with Gasteiger partial charge in [-0.05, 0) is 43.2 Å². The van der Waals surface area contributed by atoms with Gasteiger partial charge in [0.05, 0.1) is 7.11 Å². The maximum Gasteiger partial charge on any atom is 0.339 e. The first-order chi connectivity index (χ1) is 13.9. The molecule has 0 bridgehead atoms. The molecule has 0 radical (unpaired) electrons. The molecule has 0 aliphatic carbocycles. The lowest BCUT2D eigenvalue weighted by molar-refractivity contribution is 0.414. The predicted octanol–water partition coefficient (Wildman–Crippen LogP) is 5.69. The van der Waals surface area contributed by atoms with Crippen LogP contribution < -0.4 is 4.74 Å². The Kier molecular flexibility index (Phi) is 6.39. The predicted molar refractivity (Wildman–Crippen MR) is 116 cm³/mol. The molecule has 150 valence electrons. The van der Waals surface area contributed by atoms with Gasteiger partial charge in [-0.3, -0.25) is 0 Å². The number of hydrogen-bond donors (Lipinski definition) is 0. The van der Waals surface area contributed by atoms with Crippen LogP contribution in [0.3, 0.4) is 0 Å². The average molecular weight is 409 g/mol. The largest absolute Gasteiger partial charge is 0.497 e. The van der Waals surface area contributed by atoms with E-state index in [0.717, 1.165) is 22.4 Å². The van der Waals surface area contributed by atoms with Crippen molar-refractivity contribution in [2.24, 2.45) is 0 Å². The van der Waals surface area contributed by atoms with E-state index in [9.17, 15) is 8.42 Å². The van der Waals surface area contributed by atoms with Crippen molar-refractivity contribution in [3.63, 3.8) is 0 Å². The van der Waals surface area contributed by atoms with Gasteiger partial charge in [0.2, 0.25) is 0 Å². The van der Waals surface area contributed by atoms with E-state index in [1.807, 2.05) is 68.4 Å². The Morgan fingerprint density at radius 1 is 0.828 bits per heavy atom. The fourth-order valence-electron chi connectivity index (χ4n) is 3.01. The minimum Gasteiger partial charge on any atom is -0.497 e. The number of aryl methyl sites for hydroxylation is 1. The van der Waals surface area contributed by atoms with Crippen LogP contribution in [0.2, 0.25) is 0 Å². The van der Waals surface area contributed by atoms with Crippen molar-refractivity contribution in [1.29, 1.82) is 0 Å². The van der Waals surface area contributed by atoms with Crippen molar-refractivity contribution in [1.82, 2.24) is 0 Å².